The average Bonchev–Trinajstić information content (AvgIpc) is 3.76. The fourth-order valence-corrected chi connectivity index (χ4v) is 8.86. The second-order valence-corrected chi connectivity index (χ2v) is 14.8. The number of H-pyrrole nitrogens is 1. The van der Waals surface area contributed by atoms with E-state index in [4.69, 9.17) is 16.3 Å². The summed E-state index contributed by atoms with van der Waals surface area (Å²) in [7, 11) is 0. The molecule has 7 nitrogen and oxygen atoms in total. The molecule has 3 heterocycles. The van der Waals surface area contributed by atoms with E-state index in [2.05, 4.69) is 42.2 Å². The van der Waals surface area contributed by atoms with Gasteiger partial charge in [0.25, 0.3) is 0 Å². The Morgan fingerprint density at radius 1 is 1.02 bits per heavy atom. The summed E-state index contributed by atoms with van der Waals surface area (Å²) in [5.41, 5.74) is 7.69. The van der Waals surface area contributed by atoms with Gasteiger partial charge in [-0.2, -0.15) is 5.26 Å². The summed E-state index contributed by atoms with van der Waals surface area (Å²) in [5.74, 6) is -0.350. The van der Waals surface area contributed by atoms with Gasteiger partial charge >= 0.3 is 6.03 Å². The van der Waals surface area contributed by atoms with Crippen molar-refractivity contribution >= 4 is 40.0 Å². The number of benzene rings is 3. The predicted octanol–water partition coefficient (Wildman–Crippen LogP) is 10.1. The number of anilines is 1. The van der Waals surface area contributed by atoms with Crippen molar-refractivity contribution < 1.29 is 18.7 Å². The van der Waals surface area contributed by atoms with E-state index in [0.717, 1.165) is 84.8 Å². The van der Waals surface area contributed by atoms with Gasteiger partial charge in [-0.05, 0) is 98.4 Å². The van der Waals surface area contributed by atoms with Crippen LogP contribution in [0.25, 0.3) is 22.2 Å². The van der Waals surface area contributed by atoms with E-state index in [1.165, 1.54) is 37.0 Å². The van der Waals surface area contributed by atoms with E-state index in [1.807, 2.05) is 22.8 Å². The number of ketones is 1. The van der Waals surface area contributed by atoms with Crippen LogP contribution in [0.15, 0.2) is 48.5 Å². The zero-order chi connectivity index (χ0) is 35.6. The SMILES string of the molecule is CC[C@H]1[C@@H]2[C@@H](OCCCCCCCCc3ccc(-c4[nH]c5cc(F)cc6c5c4CCCC6=O)cc3)CCN2C(=O)N1c1ccc(C#N)c(Cl)c1C. The molecule has 2 amide bonds. The number of aromatic amines is 1. The molecule has 1 aliphatic carbocycles. The van der Waals surface area contributed by atoms with Crippen molar-refractivity contribution in [3.05, 3.63) is 87.2 Å². The molecule has 2 saturated heterocycles. The number of rotatable bonds is 13. The van der Waals surface area contributed by atoms with E-state index in [-0.39, 0.29) is 35.8 Å². The van der Waals surface area contributed by atoms with E-state index in [0.29, 0.717) is 41.2 Å². The number of nitrogens with one attached hydrogen (secondary N) is 1. The lowest BCUT2D eigenvalue weighted by atomic mass is 9.98. The molecule has 9 heteroatoms. The van der Waals surface area contributed by atoms with Gasteiger partial charge in [0, 0.05) is 41.7 Å². The molecule has 0 spiro atoms. The largest absolute Gasteiger partial charge is 0.376 e. The molecule has 2 aliphatic heterocycles. The van der Waals surface area contributed by atoms with Gasteiger partial charge in [-0.25, -0.2) is 9.18 Å². The van der Waals surface area contributed by atoms with Crippen LogP contribution in [-0.2, 0) is 17.6 Å². The summed E-state index contributed by atoms with van der Waals surface area (Å²) in [6.07, 6.45) is 11.6. The summed E-state index contributed by atoms with van der Waals surface area (Å²) in [6.45, 7) is 5.40. The number of fused-ring (bicyclic) bond motifs is 1. The summed E-state index contributed by atoms with van der Waals surface area (Å²) in [6, 6.07) is 17.3. The molecule has 3 aliphatic rings. The van der Waals surface area contributed by atoms with E-state index in [1.54, 1.807) is 6.07 Å². The van der Waals surface area contributed by atoms with Crippen molar-refractivity contribution in [3.63, 3.8) is 0 Å². The number of nitrogens with zero attached hydrogens (tertiary/aromatic N) is 3. The lowest BCUT2D eigenvalue weighted by molar-refractivity contribution is 0.0301. The maximum atomic E-state index is 14.3. The van der Waals surface area contributed by atoms with Crippen molar-refractivity contribution in [2.45, 2.75) is 109 Å². The van der Waals surface area contributed by atoms with Crippen LogP contribution in [-0.4, -0.2) is 53.0 Å². The Morgan fingerprint density at radius 3 is 2.55 bits per heavy atom. The third-order valence-electron chi connectivity index (χ3n) is 11.3. The van der Waals surface area contributed by atoms with Crippen LogP contribution in [0, 0.1) is 24.1 Å². The van der Waals surface area contributed by atoms with Gasteiger partial charge in [0.15, 0.2) is 5.78 Å². The summed E-state index contributed by atoms with van der Waals surface area (Å²) in [4.78, 5) is 33.4. The molecule has 7 rings (SSSR count). The zero-order valence-electron chi connectivity index (χ0n) is 29.6. The minimum atomic E-state index is -0.375. The van der Waals surface area contributed by atoms with Crippen molar-refractivity contribution in [2.24, 2.45) is 0 Å². The van der Waals surface area contributed by atoms with Crippen LogP contribution in [0.3, 0.4) is 0 Å². The molecule has 3 atom stereocenters. The minimum absolute atomic E-state index is 0.000593. The number of nitriles is 1. The first kappa shape index (κ1) is 35.2. The quantitative estimate of drug-likeness (QED) is 0.140. The van der Waals surface area contributed by atoms with Crippen LogP contribution < -0.4 is 4.90 Å². The number of amides is 2. The average molecular weight is 709 g/mol. The molecule has 3 aromatic carbocycles. The first-order valence-corrected chi connectivity index (χ1v) is 19.1. The highest BCUT2D eigenvalue weighted by Crippen LogP contribution is 2.41. The zero-order valence-corrected chi connectivity index (χ0v) is 30.3. The smallest absolute Gasteiger partial charge is 0.325 e. The molecular formula is C42H46ClFN4O3. The molecule has 0 saturated carbocycles. The highest BCUT2D eigenvalue weighted by molar-refractivity contribution is 6.33. The van der Waals surface area contributed by atoms with Crippen LogP contribution >= 0.6 is 11.6 Å². The Hall–Kier alpha value is -4.19. The molecule has 0 bridgehead atoms. The first-order chi connectivity index (χ1) is 24.8. The number of carbonyl (C=O) groups is 2. The van der Waals surface area contributed by atoms with Crippen molar-refractivity contribution in [2.75, 3.05) is 18.1 Å². The number of Topliss-reactive ketones (excluding diaryl/α,β-unsaturated/α-hetero) is 1. The van der Waals surface area contributed by atoms with Gasteiger partial charge in [-0.3, -0.25) is 9.69 Å². The lowest BCUT2D eigenvalue weighted by Crippen LogP contribution is -2.42. The summed E-state index contributed by atoms with van der Waals surface area (Å²) < 4.78 is 20.7. The Kier molecular flexibility index (Phi) is 10.5. The van der Waals surface area contributed by atoms with Crippen LogP contribution in [0.1, 0.15) is 104 Å². The monoisotopic (exact) mass is 708 g/mol. The summed E-state index contributed by atoms with van der Waals surface area (Å²) in [5, 5.41) is 10.7. The molecule has 2 fully saturated rings. The van der Waals surface area contributed by atoms with Crippen molar-refractivity contribution in [1.29, 1.82) is 5.26 Å². The first-order valence-electron chi connectivity index (χ1n) is 18.7. The van der Waals surface area contributed by atoms with Gasteiger partial charge in [0.2, 0.25) is 0 Å². The molecule has 0 radical (unpaired) electrons. The van der Waals surface area contributed by atoms with Gasteiger partial charge in [-0.1, -0.05) is 68.5 Å². The highest BCUT2D eigenvalue weighted by Gasteiger charge is 2.53. The lowest BCUT2D eigenvalue weighted by Gasteiger charge is -2.29. The standard InChI is InChI=1S/C42H46ClFN4O3/c1-3-34-41-37(20-21-47(41)42(50)48(34)35-19-18-29(25-45)39(43)26(35)2)51-22-9-7-5-4-6-8-11-27-14-16-28(17-15-27)40-31-12-10-13-36(49)32-23-30(44)24-33(46-40)38(31)32/h14-19,23-24,34,37,41,46H,3-13,20-22H2,1-2H3/t34-,37-,41+/m0/s1. The second kappa shape index (κ2) is 15.2. The Labute approximate surface area is 304 Å². The van der Waals surface area contributed by atoms with Gasteiger partial charge in [0.1, 0.15) is 11.9 Å². The Morgan fingerprint density at radius 2 is 1.78 bits per heavy atom. The highest BCUT2D eigenvalue weighted by atomic mass is 35.5. The van der Waals surface area contributed by atoms with Crippen molar-refractivity contribution in [3.8, 4) is 17.3 Å². The number of hydrogen-bond donors (Lipinski definition) is 1. The Bertz CT molecular complexity index is 1980. The van der Waals surface area contributed by atoms with Gasteiger partial charge in [-0.15, -0.1) is 0 Å². The maximum absolute atomic E-state index is 14.3. The topological polar surface area (TPSA) is 89.4 Å². The fraction of sp³-hybridized carbons (Fsp3) is 0.452. The minimum Gasteiger partial charge on any atom is -0.376 e. The third-order valence-corrected chi connectivity index (χ3v) is 11.7. The number of urea groups is 1. The summed E-state index contributed by atoms with van der Waals surface area (Å²) >= 11 is 6.48. The molecule has 1 N–H and O–H groups in total. The molecule has 4 aromatic rings. The maximum Gasteiger partial charge on any atom is 0.325 e. The van der Waals surface area contributed by atoms with Gasteiger partial charge in [0.05, 0.1) is 34.5 Å². The van der Waals surface area contributed by atoms with Crippen molar-refractivity contribution in [1.82, 2.24) is 9.88 Å². The molecule has 1 aromatic heterocycles. The number of unbranched alkanes of at least 4 members (excludes halogenated alkanes) is 5. The van der Waals surface area contributed by atoms with Crippen LogP contribution in [0.5, 0.6) is 0 Å². The predicted molar refractivity (Wildman–Crippen MR) is 200 cm³/mol. The van der Waals surface area contributed by atoms with E-state index in [9.17, 15) is 19.2 Å². The van der Waals surface area contributed by atoms with Crippen LogP contribution in [0.4, 0.5) is 14.9 Å². The second-order valence-electron chi connectivity index (χ2n) is 14.4. The van der Waals surface area contributed by atoms with Gasteiger partial charge < -0.3 is 14.6 Å². The number of aryl methyl sites for hydroxylation is 2. The number of hydrogen-bond acceptors (Lipinski definition) is 4. The molecule has 0 unspecified atom stereocenters. The number of halogens is 2. The number of aromatic nitrogens is 1. The van der Waals surface area contributed by atoms with E-state index < -0.39 is 0 Å². The number of carbonyl (C=O) groups excluding carboxylic acids is 2. The fourth-order valence-electron chi connectivity index (χ4n) is 8.66. The Balaban J connectivity index is 0.842. The molecule has 266 valence electrons. The third kappa shape index (κ3) is 6.79. The molecular weight excluding hydrogens is 663 g/mol. The molecule has 51 heavy (non-hydrogen) atoms. The normalized spacial score (nSPS) is 19.9. The van der Waals surface area contributed by atoms with Crippen LogP contribution in [0.2, 0.25) is 5.02 Å². The number of ether oxygens (including phenoxy) is 1. The van der Waals surface area contributed by atoms with E-state index >= 15 is 0 Å².